The highest BCUT2D eigenvalue weighted by atomic mass is 16.5. The quantitative estimate of drug-likeness (QED) is 0.249. The van der Waals surface area contributed by atoms with Crippen LogP contribution in [0.2, 0.25) is 0 Å². The van der Waals surface area contributed by atoms with Crippen LogP contribution in [0.15, 0.2) is 54.8 Å². The molecule has 1 rings (SSSR count). The first-order chi connectivity index (χ1) is 11.0. The summed E-state index contributed by atoms with van der Waals surface area (Å²) in [6.07, 6.45) is 12.9. The molecule has 0 amide bonds. The van der Waals surface area contributed by atoms with E-state index < -0.39 is 5.97 Å². The van der Waals surface area contributed by atoms with Gasteiger partial charge in [0.2, 0.25) is 0 Å². The number of nitrogens with zero attached hydrogens (tertiary/aromatic N) is 1. The normalized spacial score (nSPS) is 11.9. The van der Waals surface area contributed by atoms with Crippen molar-refractivity contribution in [3.05, 3.63) is 71.6 Å². The Labute approximate surface area is 136 Å². The number of allylic oxidation sites excluding steroid dienone is 6. The molecule has 0 aliphatic heterocycles. The summed E-state index contributed by atoms with van der Waals surface area (Å²) in [5.74, 6) is -0.703. The molecule has 0 atom stereocenters. The zero-order valence-electron chi connectivity index (χ0n) is 13.7. The fourth-order valence-electron chi connectivity index (χ4n) is 1.85. The summed E-state index contributed by atoms with van der Waals surface area (Å²) in [4.78, 5) is 28.4. The largest absolute Gasteiger partial charge is 0.465 e. The number of hydrogen-bond donors (Lipinski definition) is 0. The van der Waals surface area contributed by atoms with Crippen molar-refractivity contribution >= 4 is 17.8 Å². The number of pyridine rings is 1. The molecule has 0 aliphatic carbocycles. The van der Waals surface area contributed by atoms with Gasteiger partial charge in [-0.1, -0.05) is 30.4 Å². The van der Waals surface area contributed by atoms with Gasteiger partial charge in [0.05, 0.1) is 18.4 Å². The number of esters is 1. The van der Waals surface area contributed by atoms with Crippen molar-refractivity contribution < 1.29 is 14.3 Å². The van der Waals surface area contributed by atoms with Gasteiger partial charge < -0.3 is 4.74 Å². The second kappa shape index (κ2) is 9.30. The minimum Gasteiger partial charge on any atom is -0.465 e. The molecule has 1 aromatic rings. The van der Waals surface area contributed by atoms with E-state index in [2.05, 4.69) is 16.3 Å². The number of rotatable bonds is 7. The third-order valence-electron chi connectivity index (χ3n) is 3.05. The molecule has 0 aliphatic rings. The van der Waals surface area contributed by atoms with Gasteiger partial charge in [0, 0.05) is 11.8 Å². The van der Waals surface area contributed by atoms with Crippen molar-refractivity contribution in [1.29, 1.82) is 0 Å². The van der Waals surface area contributed by atoms with Crippen LogP contribution in [-0.4, -0.2) is 23.8 Å². The number of carbonyl (C=O) groups is 2. The van der Waals surface area contributed by atoms with Crippen LogP contribution < -0.4 is 0 Å². The average Bonchev–Trinajstić information content (AvgIpc) is 2.57. The molecule has 1 heterocycles. The summed E-state index contributed by atoms with van der Waals surface area (Å²) in [5, 5.41) is 0. The first-order valence-electron chi connectivity index (χ1n) is 7.25. The van der Waals surface area contributed by atoms with E-state index in [0.29, 0.717) is 16.8 Å². The number of ether oxygens (including phenoxy) is 1. The Balaban J connectivity index is 3.23. The molecule has 0 radical (unpaired) electrons. The van der Waals surface area contributed by atoms with E-state index in [0.717, 1.165) is 6.42 Å². The highest BCUT2D eigenvalue weighted by Crippen LogP contribution is 2.16. The van der Waals surface area contributed by atoms with Crippen LogP contribution >= 0.6 is 0 Å². The van der Waals surface area contributed by atoms with Crippen molar-refractivity contribution in [1.82, 2.24) is 4.98 Å². The summed E-state index contributed by atoms with van der Waals surface area (Å²) >= 11 is 0. The smallest absolute Gasteiger partial charge is 0.339 e. The number of ketones is 1. The van der Waals surface area contributed by atoms with Crippen molar-refractivity contribution in [2.75, 3.05) is 7.11 Å². The van der Waals surface area contributed by atoms with Crippen molar-refractivity contribution in [3.8, 4) is 0 Å². The van der Waals surface area contributed by atoms with Gasteiger partial charge in [0.15, 0.2) is 5.78 Å². The van der Waals surface area contributed by atoms with Gasteiger partial charge >= 0.3 is 5.97 Å². The Morgan fingerprint density at radius 2 is 2.13 bits per heavy atom. The van der Waals surface area contributed by atoms with Crippen LogP contribution in [-0.2, 0) is 4.74 Å². The van der Waals surface area contributed by atoms with Crippen molar-refractivity contribution in [2.24, 2.45) is 0 Å². The standard InChI is InChI=1S/C19H21NO3/c1-5-7-8-9-11-14(3)18(21)16-12-15(19(22)23-4)13-20-17(16)10-6-2/h5-6,8-13H,1,7H2,2-4H3/b9-8?,10-6-,14-11+. The van der Waals surface area contributed by atoms with Gasteiger partial charge in [-0.2, -0.15) is 0 Å². The molecule has 0 fully saturated rings. The summed E-state index contributed by atoms with van der Waals surface area (Å²) in [5.41, 5.74) is 1.70. The van der Waals surface area contributed by atoms with Crippen molar-refractivity contribution in [2.45, 2.75) is 20.3 Å². The highest BCUT2D eigenvalue weighted by Gasteiger charge is 2.16. The third kappa shape index (κ3) is 5.18. The molecule has 0 aromatic carbocycles. The van der Waals surface area contributed by atoms with E-state index in [-0.39, 0.29) is 11.3 Å². The van der Waals surface area contributed by atoms with E-state index in [4.69, 9.17) is 0 Å². The van der Waals surface area contributed by atoms with E-state index >= 15 is 0 Å². The van der Waals surface area contributed by atoms with Gasteiger partial charge in [-0.05, 0) is 38.0 Å². The Kier molecular flexibility index (Phi) is 7.40. The van der Waals surface area contributed by atoms with Crippen LogP contribution in [0, 0.1) is 0 Å². The molecule has 0 bridgehead atoms. The average molecular weight is 311 g/mol. The molecule has 0 spiro atoms. The van der Waals surface area contributed by atoms with Gasteiger partial charge in [-0.3, -0.25) is 9.78 Å². The topological polar surface area (TPSA) is 56.3 Å². The molecule has 0 saturated carbocycles. The fraction of sp³-hybridized carbons (Fsp3) is 0.211. The zero-order chi connectivity index (χ0) is 17.2. The molecule has 0 unspecified atom stereocenters. The molecule has 0 N–H and O–H groups in total. The van der Waals surface area contributed by atoms with E-state index in [1.54, 1.807) is 31.2 Å². The highest BCUT2D eigenvalue weighted by molar-refractivity contribution is 6.11. The zero-order valence-corrected chi connectivity index (χ0v) is 13.7. The fourth-order valence-corrected chi connectivity index (χ4v) is 1.85. The van der Waals surface area contributed by atoms with E-state index in [1.165, 1.54) is 19.4 Å². The molecular weight excluding hydrogens is 290 g/mol. The Hall–Kier alpha value is -2.75. The number of hydrogen-bond acceptors (Lipinski definition) is 4. The van der Waals surface area contributed by atoms with Crippen LogP contribution in [0.1, 0.15) is 46.7 Å². The molecule has 4 nitrogen and oxygen atoms in total. The van der Waals surface area contributed by atoms with Crippen LogP contribution in [0.5, 0.6) is 0 Å². The number of Topliss-reactive ketones (excluding diaryl/α,β-unsaturated/α-hetero) is 1. The summed E-state index contributed by atoms with van der Waals surface area (Å²) in [6.45, 7) is 7.19. The summed E-state index contributed by atoms with van der Waals surface area (Å²) < 4.78 is 4.68. The first kappa shape index (κ1) is 18.3. The predicted octanol–water partition coefficient (Wildman–Crippen LogP) is 4.16. The molecule has 0 saturated heterocycles. The lowest BCUT2D eigenvalue weighted by Crippen LogP contribution is -2.09. The molecule has 120 valence electrons. The predicted molar refractivity (Wildman–Crippen MR) is 92.3 cm³/mol. The Morgan fingerprint density at radius 3 is 2.74 bits per heavy atom. The maximum Gasteiger partial charge on any atom is 0.339 e. The number of carbonyl (C=O) groups excluding carboxylic acids is 2. The Morgan fingerprint density at radius 1 is 1.39 bits per heavy atom. The maximum absolute atomic E-state index is 12.6. The second-order valence-electron chi connectivity index (χ2n) is 4.78. The van der Waals surface area contributed by atoms with Crippen LogP contribution in [0.4, 0.5) is 0 Å². The molecule has 23 heavy (non-hydrogen) atoms. The van der Waals surface area contributed by atoms with Crippen LogP contribution in [0.25, 0.3) is 6.08 Å². The maximum atomic E-state index is 12.6. The second-order valence-corrected chi connectivity index (χ2v) is 4.78. The SMILES string of the molecule is C=CCC=C/C=C(\C)C(=O)c1cc(C(=O)OC)cnc1/C=C\C. The number of aromatic nitrogens is 1. The summed E-state index contributed by atoms with van der Waals surface area (Å²) in [7, 11) is 1.29. The van der Waals surface area contributed by atoms with Crippen molar-refractivity contribution in [3.63, 3.8) is 0 Å². The van der Waals surface area contributed by atoms with Gasteiger partial charge in [0.1, 0.15) is 0 Å². The van der Waals surface area contributed by atoms with Gasteiger partial charge in [0.25, 0.3) is 0 Å². The summed E-state index contributed by atoms with van der Waals surface area (Å²) in [6, 6.07) is 1.52. The molecular formula is C19H21NO3. The Bertz CT molecular complexity index is 682. The lowest BCUT2D eigenvalue weighted by molar-refractivity contribution is 0.0600. The lowest BCUT2D eigenvalue weighted by Gasteiger charge is -2.07. The number of methoxy groups -OCH3 is 1. The molecule has 1 aromatic heterocycles. The minimum absolute atomic E-state index is 0.181. The van der Waals surface area contributed by atoms with Gasteiger partial charge in [-0.25, -0.2) is 4.79 Å². The van der Waals surface area contributed by atoms with Crippen LogP contribution in [0.3, 0.4) is 0 Å². The van der Waals surface area contributed by atoms with E-state index in [1.807, 2.05) is 19.1 Å². The third-order valence-corrected chi connectivity index (χ3v) is 3.05. The van der Waals surface area contributed by atoms with E-state index in [9.17, 15) is 9.59 Å². The monoisotopic (exact) mass is 311 g/mol. The lowest BCUT2D eigenvalue weighted by atomic mass is 10.0. The molecule has 4 heteroatoms. The minimum atomic E-state index is -0.522. The van der Waals surface area contributed by atoms with Gasteiger partial charge in [-0.15, -0.1) is 6.58 Å². The first-order valence-corrected chi connectivity index (χ1v) is 7.25.